The third-order valence-electron chi connectivity index (χ3n) is 4.71. The van der Waals surface area contributed by atoms with Gasteiger partial charge in [-0.3, -0.25) is 4.99 Å². The van der Waals surface area contributed by atoms with Crippen LogP contribution in [0.4, 0.5) is 10.2 Å². The molecule has 1 atom stereocenters. The van der Waals surface area contributed by atoms with Crippen molar-refractivity contribution < 1.29 is 4.39 Å². The van der Waals surface area contributed by atoms with Gasteiger partial charge in [0.1, 0.15) is 0 Å². The van der Waals surface area contributed by atoms with Crippen LogP contribution in [0.25, 0.3) is 0 Å². The maximum Gasteiger partial charge on any atom is 0.191 e. The Kier molecular flexibility index (Phi) is 11.6. The molecule has 1 saturated heterocycles. The molecule has 1 aliphatic rings. The van der Waals surface area contributed by atoms with Gasteiger partial charge in [0.25, 0.3) is 0 Å². The molecule has 1 aliphatic heterocycles. The molecule has 8 heteroatoms. The first-order valence-corrected chi connectivity index (χ1v) is 9.80. The fourth-order valence-electron chi connectivity index (χ4n) is 3.22. The Hall–Kier alpha value is -1.16. The van der Waals surface area contributed by atoms with Crippen LogP contribution in [0, 0.1) is 5.82 Å². The number of guanidine groups is 1. The highest BCUT2D eigenvalue weighted by molar-refractivity contribution is 14.0. The molecule has 0 aromatic carbocycles. The number of aromatic nitrogens is 1. The number of hydrogen-bond donors (Lipinski definition) is 2. The average Bonchev–Trinajstić information content (AvgIpc) is 3.10. The van der Waals surface area contributed by atoms with Crippen molar-refractivity contribution in [2.75, 3.05) is 50.7 Å². The summed E-state index contributed by atoms with van der Waals surface area (Å²) in [5.41, 5.74) is 0. The third kappa shape index (κ3) is 7.77. The van der Waals surface area contributed by atoms with Gasteiger partial charge < -0.3 is 20.4 Å². The Morgan fingerprint density at radius 2 is 2.15 bits per heavy atom. The number of halogens is 2. The molecule has 0 amide bonds. The summed E-state index contributed by atoms with van der Waals surface area (Å²) in [6.45, 7) is 12.9. The van der Waals surface area contributed by atoms with E-state index in [1.807, 2.05) is 4.90 Å². The van der Waals surface area contributed by atoms with E-state index in [9.17, 15) is 4.39 Å². The highest BCUT2D eigenvalue weighted by Crippen LogP contribution is 2.20. The van der Waals surface area contributed by atoms with Gasteiger partial charge in [-0.05, 0) is 51.5 Å². The average molecular weight is 492 g/mol. The lowest BCUT2D eigenvalue weighted by atomic mass is 10.3. The second-order valence-corrected chi connectivity index (χ2v) is 6.53. The number of hydrogen-bond acceptors (Lipinski definition) is 4. The number of anilines is 1. The van der Waals surface area contributed by atoms with Crippen LogP contribution >= 0.6 is 24.0 Å². The summed E-state index contributed by atoms with van der Waals surface area (Å²) < 4.78 is 13.9. The Morgan fingerprint density at radius 3 is 2.81 bits per heavy atom. The molecule has 6 nitrogen and oxygen atoms in total. The number of rotatable bonds is 9. The van der Waals surface area contributed by atoms with Crippen molar-refractivity contribution in [1.82, 2.24) is 20.5 Å². The SMILES string of the molecule is CCNC(=NCCCN(CC)CC)NC1CCN(c2ncccc2F)C1.I. The van der Waals surface area contributed by atoms with Crippen molar-refractivity contribution in [3.8, 4) is 0 Å². The molecule has 0 bridgehead atoms. The summed E-state index contributed by atoms with van der Waals surface area (Å²) in [4.78, 5) is 13.3. The van der Waals surface area contributed by atoms with Gasteiger partial charge in [-0.25, -0.2) is 9.37 Å². The van der Waals surface area contributed by atoms with Gasteiger partial charge >= 0.3 is 0 Å². The zero-order valence-corrected chi connectivity index (χ0v) is 19.1. The fourth-order valence-corrected chi connectivity index (χ4v) is 3.22. The first kappa shape index (κ1) is 23.9. The summed E-state index contributed by atoms with van der Waals surface area (Å²) in [5.74, 6) is 1.03. The molecule has 1 aromatic rings. The van der Waals surface area contributed by atoms with Gasteiger partial charge in [0.2, 0.25) is 0 Å². The van der Waals surface area contributed by atoms with E-state index >= 15 is 0 Å². The van der Waals surface area contributed by atoms with E-state index in [1.54, 1.807) is 12.3 Å². The van der Waals surface area contributed by atoms with E-state index in [0.29, 0.717) is 5.82 Å². The molecule has 0 saturated carbocycles. The van der Waals surface area contributed by atoms with Crippen molar-refractivity contribution in [3.05, 3.63) is 24.1 Å². The predicted molar refractivity (Wildman–Crippen MR) is 122 cm³/mol. The van der Waals surface area contributed by atoms with Crippen molar-refractivity contribution in [2.24, 2.45) is 4.99 Å². The summed E-state index contributed by atoms with van der Waals surface area (Å²) in [6, 6.07) is 3.33. The molecule has 0 aliphatic carbocycles. The monoisotopic (exact) mass is 492 g/mol. The molecule has 0 spiro atoms. The van der Waals surface area contributed by atoms with E-state index in [1.165, 1.54) is 6.07 Å². The summed E-state index contributed by atoms with van der Waals surface area (Å²) in [7, 11) is 0. The maximum atomic E-state index is 13.9. The molecule has 1 unspecified atom stereocenters. The van der Waals surface area contributed by atoms with Crippen LogP contribution in [0.3, 0.4) is 0 Å². The van der Waals surface area contributed by atoms with Crippen molar-refractivity contribution in [3.63, 3.8) is 0 Å². The summed E-state index contributed by atoms with van der Waals surface area (Å²) >= 11 is 0. The van der Waals surface area contributed by atoms with E-state index in [-0.39, 0.29) is 35.8 Å². The molecule has 0 radical (unpaired) electrons. The van der Waals surface area contributed by atoms with Crippen LogP contribution in [0.1, 0.15) is 33.6 Å². The van der Waals surface area contributed by atoms with Gasteiger partial charge in [0, 0.05) is 38.4 Å². The maximum absolute atomic E-state index is 13.9. The Bertz CT molecular complexity index is 567. The van der Waals surface area contributed by atoms with Gasteiger partial charge in [0.15, 0.2) is 17.6 Å². The van der Waals surface area contributed by atoms with Crippen molar-refractivity contribution in [2.45, 2.75) is 39.7 Å². The lowest BCUT2D eigenvalue weighted by Crippen LogP contribution is -2.44. The Labute approximate surface area is 180 Å². The minimum atomic E-state index is -0.259. The first-order valence-electron chi connectivity index (χ1n) is 9.80. The second-order valence-electron chi connectivity index (χ2n) is 6.53. The van der Waals surface area contributed by atoms with Crippen LogP contribution < -0.4 is 15.5 Å². The quantitative estimate of drug-likeness (QED) is 0.240. The number of pyridine rings is 1. The van der Waals surface area contributed by atoms with Gasteiger partial charge in [-0.15, -0.1) is 24.0 Å². The van der Waals surface area contributed by atoms with Crippen LogP contribution in [0.15, 0.2) is 23.3 Å². The largest absolute Gasteiger partial charge is 0.357 e. The second kappa shape index (κ2) is 13.1. The standard InChI is InChI=1S/C19H33FN6.HI/c1-4-21-19(23-12-8-13-25(5-2)6-3)24-16-10-14-26(15-16)18-17(20)9-7-11-22-18;/h7,9,11,16H,4-6,8,10,12-15H2,1-3H3,(H2,21,23,24);1H. The van der Waals surface area contributed by atoms with Crippen LogP contribution in [0.2, 0.25) is 0 Å². The number of aliphatic imine (C=N–C) groups is 1. The lowest BCUT2D eigenvalue weighted by molar-refractivity contribution is 0.302. The number of nitrogens with one attached hydrogen (secondary N) is 2. The van der Waals surface area contributed by atoms with Gasteiger partial charge in [-0.1, -0.05) is 13.8 Å². The van der Waals surface area contributed by atoms with E-state index < -0.39 is 0 Å². The zero-order valence-electron chi connectivity index (χ0n) is 16.7. The normalized spacial score (nSPS) is 17.1. The highest BCUT2D eigenvalue weighted by atomic mass is 127. The molecule has 154 valence electrons. The summed E-state index contributed by atoms with van der Waals surface area (Å²) in [6.07, 6.45) is 3.63. The van der Waals surface area contributed by atoms with Gasteiger partial charge in [-0.2, -0.15) is 0 Å². The highest BCUT2D eigenvalue weighted by Gasteiger charge is 2.25. The Morgan fingerprint density at radius 1 is 1.37 bits per heavy atom. The molecule has 1 fully saturated rings. The molecular weight excluding hydrogens is 458 g/mol. The zero-order chi connectivity index (χ0) is 18.8. The Balaban J connectivity index is 0.00000364. The first-order chi connectivity index (χ1) is 12.7. The van der Waals surface area contributed by atoms with Crippen LogP contribution in [-0.2, 0) is 0 Å². The van der Waals surface area contributed by atoms with Crippen molar-refractivity contribution >= 4 is 35.8 Å². The predicted octanol–water partition coefficient (Wildman–Crippen LogP) is 2.70. The molecule has 1 aromatic heterocycles. The van der Waals surface area contributed by atoms with Gasteiger partial charge in [0.05, 0.1) is 0 Å². The molecule has 2 rings (SSSR count). The molecular formula is C19H34FIN6. The fraction of sp³-hybridized carbons (Fsp3) is 0.684. The van der Waals surface area contributed by atoms with Crippen LogP contribution in [-0.4, -0.2) is 67.7 Å². The smallest absolute Gasteiger partial charge is 0.191 e. The topological polar surface area (TPSA) is 55.8 Å². The minimum Gasteiger partial charge on any atom is -0.357 e. The minimum absolute atomic E-state index is 0. The number of nitrogens with zero attached hydrogens (tertiary/aromatic N) is 4. The van der Waals surface area contributed by atoms with E-state index in [0.717, 1.165) is 64.6 Å². The van der Waals surface area contributed by atoms with E-state index in [2.05, 4.69) is 41.3 Å². The van der Waals surface area contributed by atoms with E-state index in [4.69, 9.17) is 4.99 Å². The lowest BCUT2D eigenvalue weighted by Gasteiger charge is -2.20. The third-order valence-corrected chi connectivity index (χ3v) is 4.71. The van der Waals surface area contributed by atoms with Crippen molar-refractivity contribution in [1.29, 1.82) is 0 Å². The molecule has 2 N–H and O–H groups in total. The molecule has 27 heavy (non-hydrogen) atoms. The van der Waals surface area contributed by atoms with Crippen LogP contribution in [0.5, 0.6) is 0 Å². The molecule has 2 heterocycles. The summed E-state index contributed by atoms with van der Waals surface area (Å²) in [5, 5.41) is 6.79.